The molecule has 3 aromatic carbocycles. The molecule has 3 aromatic rings. The molecule has 0 aliphatic carbocycles. The Bertz CT molecular complexity index is 1130. The molecule has 6 nitrogen and oxygen atoms in total. The summed E-state index contributed by atoms with van der Waals surface area (Å²) in [5.74, 6) is 0.0148. The summed E-state index contributed by atoms with van der Waals surface area (Å²) in [6.45, 7) is 0.636. The largest absolute Gasteiger partial charge is 0.497 e. The third-order valence-electron chi connectivity index (χ3n) is 5.01. The van der Waals surface area contributed by atoms with Crippen molar-refractivity contribution in [2.75, 3.05) is 19.0 Å². The Balaban J connectivity index is 1.54. The van der Waals surface area contributed by atoms with E-state index in [0.29, 0.717) is 24.5 Å². The molecule has 0 aromatic heterocycles. The van der Waals surface area contributed by atoms with Gasteiger partial charge in [-0.15, -0.1) is 0 Å². The number of ether oxygens (including phenoxy) is 2. The summed E-state index contributed by atoms with van der Waals surface area (Å²) in [5, 5.41) is 2.71. The lowest BCUT2D eigenvalue weighted by atomic mass is 10.1. The number of carbonyl (C=O) groups is 2. The lowest BCUT2D eigenvalue weighted by Gasteiger charge is -2.20. The fourth-order valence-corrected chi connectivity index (χ4v) is 3.43. The van der Waals surface area contributed by atoms with E-state index in [1.54, 1.807) is 36.3 Å². The highest BCUT2D eigenvalue weighted by Crippen LogP contribution is 2.28. The van der Waals surface area contributed by atoms with Crippen LogP contribution in [0.2, 0.25) is 0 Å². The van der Waals surface area contributed by atoms with Gasteiger partial charge in [-0.25, -0.2) is 4.39 Å². The maximum Gasteiger partial charge on any atom is 0.261 e. The molecule has 0 fully saturated rings. The molecule has 0 saturated heterocycles. The van der Waals surface area contributed by atoms with E-state index in [1.165, 1.54) is 18.2 Å². The van der Waals surface area contributed by atoms with Crippen LogP contribution in [-0.4, -0.2) is 30.4 Å². The van der Waals surface area contributed by atoms with E-state index >= 15 is 0 Å². The van der Waals surface area contributed by atoms with Crippen LogP contribution in [-0.2, 0) is 17.9 Å². The van der Waals surface area contributed by atoms with E-state index in [9.17, 15) is 14.0 Å². The van der Waals surface area contributed by atoms with Crippen LogP contribution in [0.4, 0.5) is 10.1 Å². The Kier molecular flexibility index (Phi) is 5.84. The van der Waals surface area contributed by atoms with Crippen molar-refractivity contribution in [3.63, 3.8) is 0 Å². The first-order valence-electron chi connectivity index (χ1n) is 9.76. The van der Waals surface area contributed by atoms with Crippen molar-refractivity contribution in [2.24, 2.45) is 0 Å². The van der Waals surface area contributed by atoms with Crippen molar-refractivity contribution in [1.82, 2.24) is 4.90 Å². The first-order chi connectivity index (χ1) is 15.0. The van der Waals surface area contributed by atoms with Gasteiger partial charge >= 0.3 is 0 Å². The highest BCUT2D eigenvalue weighted by molar-refractivity contribution is 6.04. The Labute approximate surface area is 179 Å². The number of methoxy groups -OCH3 is 1. The predicted molar refractivity (Wildman–Crippen MR) is 114 cm³/mol. The summed E-state index contributed by atoms with van der Waals surface area (Å²) in [7, 11) is 1.59. The number of carbonyl (C=O) groups excluding carboxylic acids is 2. The maximum atomic E-state index is 13.9. The van der Waals surface area contributed by atoms with E-state index in [2.05, 4.69) is 5.32 Å². The number of nitrogens with zero attached hydrogens (tertiary/aromatic N) is 1. The number of amides is 2. The quantitative estimate of drug-likeness (QED) is 0.677. The fourth-order valence-electron chi connectivity index (χ4n) is 3.43. The monoisotopic (exact) mass is 420 g/mol. The van der Waals surface area contributed by atoms with Gasteiger partial charge in [0.25, 0.3) is 11.8 Å². The van der Waals surface area contributed by atoms with E-state index in [4.69, 9.17) is 9.47 Å². The Morgan fingerprint density at radius 3 is 2.77 bits per heavy atom. The van der Waals surface area contributed by atoms with Crippen LogP contribution in [0.25, 0.3) is 0 Å². The van der Waals surface area contributed by atoms with Crippen LogP contribution in [0.15, 0.2) is 66.7 Å². The summed E-state index contributed by atoms with van der Waals surface area (Å²) in [5.41, 5.74) is 2.13. The van der Waals surface area contributed by atoms with Crippen molar-refractivity contribution in [1.29, 1.82) is 0 Å². The molecule has 7 heteroatoms. The van der Waals surface area contributed by atoms with Gasteiger partial charge in [-0.2, -0.15) is 0 Å². The molecule has 0 atom stereocenters. The van der Waals surface area contributed by atoms with Gasteiger partial charge in [-0.1, -0.05) is 24.3 Å². The molecule has 31 heavy (non-hydrogen) atoms. The van der Waals surface area contributed by atoms with Gasteiger partial charge in [0, 0.05) is 24.3 Å². The van der Waals surface area contributed by atoms with Crippen LogP contribution < -0.4 is 14.8 Å². The van der Waals surface area contributed by atoms with Crippen LogP contribution in [0.3, 0.4) is 0 Å². The third-order valence-corrected chi connectivity index (χ3v) is 5.01. The first-order valence-corrected chi connectivity index (χ1v) is 9.76. The summed E-state index contributed by atoms with van der Waals surface area (Å²) >= 11 is 0. The van der Waals surface area contributed by atoms with Crippen molar-refractivity contribution in [2.45, 2.75) is 13.1 Å². The zero-order valence-corrected chi connectivity index (χ0v) is 16.9. The van der Waals surface area contributed by atoms with Crippen LogP contribution in [0, 0.1) is 5.82 Å². The number of hydrogen-bond donors (Lipinski definition) is 1. The number of benzene rings is 3. The van der Waals surface area contributed by atoms with E-state index in [0.717, 1.165) is 16.9 Å². The van der Waals surface area contributed by atoms with E-state index in [1.807, 2.05) is 24.3 Å². The zero-order chi connectivity index (χ0) is 21.8. The molecule has 1 aliphatic rings. The molecule has 0 spiro atoms. The van der Waals surface area contributed by atoms with Gasteiger partial charge in [-0.3, -0.25) is 9.59 Å². The molecule has 1 N–H and O–H groups in total. The second-order valence-corrected chi connectivity index (χ2v) is 7.15. The Hall–Kier alpha value is -3.87. The first kappa shape index (κ1) is 20.4. The lowest BCUT2D eigenvalue weighted by molar-refractivity contribution is -0.133. The average Bonchev–Trinajstić information content (AvgIpc) is 2.92. The van der Waals surface area contributed by atoms with Gasteiger partial charge in [0.15, 0.2) is 6.61 Å². The standard InChI is InChI=1S/C24H21FN2O4/c1-30-19-6-4-5-16(11-19)13-27-14-17-12-18(9-10-22(17)31-15-23(27)28)26-24(29)20-7-2-3-8-21(20)25/h2-12H,13-15H2,1H3,(H,26,29). The highest BCUT2D eigenvalue weighted by atomic mass is 19.1. The highest BCUT2D eigenvalue weighted by Gasteiger charge is 2.22. The van der Waals surface area contributed by atoms with Crippen molar-refractivity contribution in [3.8, 4) is 11.5 Å². The number of halogens is 1. The van der Waals surface area contributed by atoms with Crippen LogP contribution in [0.1, 0.15) is 21.5 Å². The molecule has 4 rings (SSSR count). The Morgan fingerprint density at radius 2 is 1.97 bits per heavy atom. The lowest BCUT2D eigenvalue weighted by Crippen LogP contribution is -2.31. The summed E-state index contributed by atoms with van der Waals surface area (Å²) < 4.78 is 24.8. The molecule has 1 aliphatic heterocycles. The van der Waals surface area contributed by atoms with E-state index in [-0.39, 0.29) is 18.1 Å². The molecule has 0 saturated carbocycles. The topological polar surface area (TPSA) is 67.9 Å². The summed E-state index contributed by atoms with van der Waals surface area (Å²) in [6, 6.07) is 18.4. The number of rotatable bonds is 5. The number of hydrogen-bond acceptors (Lipinski definition) is 4. The molecular formula is C24H21FN2O4. The fraction of sp³-hybridized carbons (Fsp3) is 0.167. The average molecular weight is 420 g/mol. The number of fused-ring (bicyclic) bond motifs is 1. The molecule has 2 amide bonds. The summed E-state index contributed by atoms with van der Waals surface area (Å²) in [6.07, 6.45) is 0. The maximum absolute atomic E-state index is 13.9. The van der Waals surface area contributed by atoms with Gasteiger partial charge in [0.1, 0.15) is 17.3 Å². The third kappa shape index (κ3) is 4.66. The van der Waals surface area contributed by atoms with Crippen LogP contribution in [0.5, 0.6) is 11.5 Å². The van der Waals surface area contributed by atoms with E-state index < -0.39 is 11.7 Å². The molecule has 0 bridgehead atoms. The minimum absolute atomic E-state index is 0.0384. The SMILES string of the molecule is COc1cccc(CN2Cc3cc(NC(=O)c4ccccc4F)ccc3OCC2=O)c1. The molecule has 1 heterocycles. The van der Waals surface area contributed by atoms with Gasteiger partial charge in [0.2, 0.25) is 0 Å². The summed E-state index contributed by atoms with van der Waals surface area (Å²) in [4.78, 5) is 26.7. The second-order valence-electron chi connectivity index (χ2n) is 7.15. The van der Waals surface area contributed by atoms with Crippen molar-refractivity contribution >= 4 is 17.5 Å². The molecule has 158 valence electrons. The Morgan fingerprint density at radius 1 is 1.13 bits per heavy atom. The van der Waals surface area contributed by atoms with Crippen molar-refractivity contribution in [3.05, 3.63) is 89.2 Å². The van der Waals surface area contributed by atoms with Gasteiger partial charge < -0.3 is 19.7 Å². The van der Waals surface area contributed by atoms with Crippen molar-refractivity contribution < 1.29 is 23.5 Å². The smallest absolute Gasteiger partial charge is 0.261 e. The number of anilines is 1. The minimum Gasteiger partial charge on any atom is -0.497 e. The zero-order valence-electron chi connectivity index (χ0n) is 16.9. The van der Waals surface area contributed by atoms with Gasteiger partial charge in [0.05, 0.1) is 12.7 Å². The predicted octanol–water partition coefficient (Wildman–Crippen LogP) is 4.01. The molecule has 0 unspecified atom stereocenters. The molecular weight excluding hydrogens is 399 g/mol. The second kappa shape index (κ2) is 8.87. The molecule has 0 radical (unpaired) electrons. The van der Waals surface area contributed by atoms with Crippen LogP contribution >= 0.6 is 0 Å². The normalized spacial score (nSPS) is 13.1. The minimum atomic E-state index is -0.590. The van der Waals surface area contributed by atoms with Gasteiger partial charge in [-0.05, 0) is 48.0 Å². The number of nitrogens with one attached hydrogen (secondary N) is 1.